The number of carbonyl (C=O) groups is 3. The van der Waals surface area contributed by atoms with E-state index >= 15 is 0 Å². The highest BCUT2D eigenvalue weighted by Crippen LogP contribution is 2.07. The summed E-state index contributed by atoms with van der Waals surface area (Å²) >= 11 is 0. The fourth-order valence-electron chi connectivity index (χ4n) is 1.65. The minimum atomic E-state index is -0.440. The van der Waals surface area contributed by atoms with E-state index in [0.717, 1.165) is 0 Å². The van der Waals surface area contributed by atoms with Crippen LogP contribution < -0.4 is 10.6 Å². The SMILES string of the molecule is O=C1C=C(CCNC(=O)c2ccc([18F])cc2)C(=O)N1. The normalized spacial score (nSPS) is 14.1. The lowest BCUT2D eigenvalue weighted by Gasteiger charge is -2.05. The molecule has 0 fully saturated rings. The first-order valence-corrected chi connectivity index (χ1v) is 5.66. The van der Waals surface area contributed by atoms with Gasteiger partial charge in [0, 0.05) is 23.8 Å². The summed E-state index contributed by atoms with van der Waals surface area (Å²) in [5.41, 5.74) is 0.673. The zero-order chi connectivity index (χ0) is 13.8. The Morgan fingerprint density at radius 1 is 1.21 bits per heavy atom. The third-order valence-electron chi connectivity index (χ3n) is 2.62. The Balaban J connectivity index is 1.84. The summed E-state index contributed by atoms with van der Waals surface area (Å²) in [6.07, 6.45) is 1.48. The largest absolute Gasteiger partial charge is 0.352 e. The van der Waals surface area contributed by atoms with Gasteiger partial charge in [0.05, 0.1) is 0 Å². The molecular formula is C13H11FN2O3. The van der Waals surface area contributed by atoms with E-state index in [-0.39, 0.29) is 18.9 Å². The summed E-state index contributed by atoms with van der Waals surface area (Å²) in [6.45, 7) is 0.225. The van der Waals surface area contributed by atoms with E-state index in [2.05, 4.69) is 10.6 Å². The Labute approximate surface area is 108 Å². The van der Waals surface area contributed by atoms with Crippen LogP contribution in [0.1, 0.15) is 16.8 Å². The van der Waals surface area contributed by atoms with Crippen molar-refractivity contribution in [3.05, 3.63) is 47.3 Å². The van der Waals surface area contributed by atoms with Crippen LogP contribution in [0.25, 0.3) is 0 Å². The van der Waals surface area contributed by atoms with Crippen molar-refractivity contribution in [3.8, 4) is 0 Å². The van der Waals surface area contributed by atoms with Gasteiger partial charge in [-0.05, 0) is 30.7 Å². The number of nitrogens with one attached hydrogen (secondary N) is 2. The maximum atomic E-state index is 12.7. The second-order valence-electron chi connectivity index (χ2n) is 4.00. The van der Waals surface area contributed by atoms with E-state index in [4.69, 9.17) is 0 Å². The summed E-state index contributed by atoms with van der Waals surface area (Å²) in [4.78, 5) is 33.8. The summed E-state index contributed by atoms with van der Waals surface area (Å²) in [6, 6.07) is 5.13. The van der Waals surface area contributed by atoms with Gasteiger partial charge in [-0.15, -0.1) is 0 Å². The number of imide groups is 1. The molecule has 0 unspecified atom stereocenters. The Bertz CT molecular complexity index is 564. The fraction of sp³-hybridized carbons (Fsp3) is 0.154. The molecule has 19 heavy (non-hydrogen) atoms. The molecule has 1 aromatic rings. The molecule has 0 aromatic heterocycles. The van der Waals surface area contributed by atoms with Crippen molar-refractivity contribution in [1.29, 1.82) is 0 Å². The highest BCUT2D eigenvalue weighted by atomic mass is 18.2. The Morgan fingerprint density at radius 2 is 1.89 bits per heavy atom. The van der Waals surface area contributed by atoms with Gasteiger partial charge in [0.25, 0.3) is 17.7 Å². The van der Waals surface area contributed by atoms with Gasteiger partial charge in [-0.25, -0.2) is 4.39 Å². The molecule has 0 aliphatic carbocycles. The van der Waals surface area contributed by atoms with Crippen LogP contribution in [0.4, 0.5) is 4.39 Å². The Hall–Kier alpha value is -2.50. The monoisotopic (exact) mass is 261 g/mol. The molecule has 0 bridgehead atoms. The van der Waals surface area contributed by atoms with E-state index in [1.54, 1.807) is 0 Å². The van der Waals surface area contributed by atoms with Crippen LogP contribution in [0, 0.1) is 5.82 Å². The van der Waals surface area contributed by atoms with Crippen LogP contribution in [0.2, 0.25) is 0 Å². The number of hydrogen-bond acceptors (Lipinski definition) is 3. The van der Waals surface area contributed by atoms with Crippen LogP contribution in [-0.2, 0) is 9.59 Å². The number of benzene rings is 1. The molecule has 3 amide bonds. The maximum absolute atomic E-state index is 12.7. The van der Waals surface area contributed by atoms with E-state index in [1.165, 1.54) is 30.3 Å². The van der Waals surface area contributed by atoms with Crippen molar-refractivity contribution in [3.63, 3.8) is 0 Å². The lowest BCUT2D eigenvalue weighted by Crippen LogP contribution is -2.26. The third-order valence-corrected chi connectivity index (χ3v) is 2.62. The van der Waals surface area contributed by atoms with Crippen molar-refractivity contribution < 1.29 is 18.8 Å². The van der Waals surface area contributed by atoms with Gasteiger partial charge in [0.15, 0.2) is 0 Å². The van der Waals surface area contributed by atoms with Crippen molar-refractivity contribution in [2.24, 2.45) is 0 Å². The lowest BCUT2D eigenvalue weighted by molar-refractivity contribution is -0.123. The molecule has 0 radical (unpaired) electrons. The van der Waals surface area contributed by atoms with E-state index < -0.39 is 17.6 Å². The average molecular weight is 261 g/mol. The molecule has 98 valence electrons. The summed E-state index contributed by atoms with van der Waals surface area (Å²) in [5, 5.41) is 4.71. The van der Waals surface area contributed by atoms with Gasteiger partial charge >= 0.3 is 0 Å². The van der Waals surface area contributed by atoms with Gasteiger partial charge in [-0.2, -0.15) is 0 Å². The van der Waals surface area contributed by atoms with Gasteiger partial charge in [-0.1, -0.05) is 0 Å². The minimum Gasteiger partial charge on any atom is -0.352 e. The topological polar surface area (TPSA) is 75.3 Å². The van der Waals surface area contributed by atoms with Gasteiger partial charge < -0.3 is 5.32 Å². The van der Waals surface area contributed by atoms with Gasteiger partial charge in [-0.3, -0.25) is 19.7 Å². The number of hydrogen-bond donors (Lipinski definition) is 2. The second kappa shape index (κ2) is 5.43. The number of carbonyl (C=O) groups excluding carboxylic acids is 3. The van der Waals surface area contributed by atoms with Gasteiger partial charge in [0.2, 0.25) is 0 Å². The molecule has 1 aromatic carbocycles. The quantitative estimate of drug-likeness (QED) is 0.776. The Kier molecular flexibility index (Phi) is 3.70. The zero-order valence-electron chi connectivity index (χ0n) is 9.90. The third kappa shape index (κ3) is 3.25. The Morgan fingerprint density at radius 3 is 2.47 bits per heavy atom. The predicted octanol–water partition coefficient (Wildman–Crippen LogP) is 0.528. The van der Waals surface area contributed by atoms with E-state index in [1.807, 2.05) is 0 Å². The molecule has 1 aliphatic rings. The molecule has 0 saturated heterocycles. The van der Waals surface area contributed by atoms with Crippen LogP contribution in [0.5, 0.6) is 0 Å². The molecule has 1 aliphatic heterocycles. The summed E-state index contributed by atoms with van der Waals surface area (Å²) < 4.78 is 12.7. The van der Waals surface area contributed by atoms with Crippen molar-refractivity contribution in [2.45, 2.75) is 6.42 Å². The standard InChI is InChI=1S/C13H11FN2O3/c14-10-3-1-8(2-4-10)12(18)15-6-5-9-7-11(17)16-13(9)19/h1-4,7H,5-6H2,(H,15,18)(H,16,17,19)/i14-1. The zero-order valence-corrected chi connectivity index (χ0v) is 9.90. The highest BCUT2D eigenvalue weighted by Gasteiger charge is 2.20. The first kappa shape index (κ1) is 12.9. The molecule has 0 spiro atoms. The maximum Gasteiger partial charge on any atom is 0.254 e. The molecule has 0 atom stereocenters. The number of amides is 3. The molecule has 1 heterocycles. The average Bonchev–Trinajstić information content (AvgIpc) is 2.68. The fourth-order valence-corrected chi connectivity index (χ4v) is 1.65. The highest BCUT2D eigenvalue weighted by molar-refractivity contribution is 6.16. The van der Waals surface area contributed by atoms with Gasteiger partial charge in [0.1, 0.15) is 5.82 Å². The summed E-state index contributed by atoms with van der Waals surface area (Å²) in [5.74, 6) is -1.64. The number of halogens is 1. The molecule has 2 rings (SSSR count). The van der Waals surface area contributed by atoms with Crippen LogP contribution in [0.15, 0.2) is 35.9 Å². The van der Waals surface area contributed by atoms with Crippen molar-refractivity contribution in [1.82, 2.24) is 10.6 Å². The van der Waals surface area contributed by atoms with Crippen LogP contribution in [-0.4, -0.2) is 24.3 Å². The predicted molar refractivity (Wildman–Crippen MR) is 64.6 cm³/mol. The smallest absolute Gasteiger partial charge is 0.254 e. The molecular weight excluding hydrogens is 250 g/mol. The van der Waals surface area contributed by atoms with E-state index in [0.29, 0.717) is 11.1 Å². The van der Waals surface area contributed by atoms with Crippen LogP contribution in [0.3, 0.4) is 0 Å². The van der Waals surface area contributed by atoms with Crippen LogP contribution >= 0.6 is 0 Å². The number of rotatable bonds is 4. The molecule has 5 nitrogen and oxygen atoms in total. The second-order valence-corrected chi connectivity index (χ2v) is 4.00. The molecule has 6 heteroatoms. The van der Waals surface area contributed by atoms with E-state index in [9.17, 15) is 18.8 Å². The molecule has 0 saturated carbocycles. The first-order chi connectivity index (χ1) is 9.06. The van der Waals surface area contributed by atoms with Crippen molar-refractivity contribution in [2.75, 3.05) is 6.54 Å². The first-order valence-electron chi connectivity index (χ1n) is 5.66. The molecule has 2 N–H and O–H groups in total. The lowest BCUT2D eigenvalue weighted by atomic mass is 10.1. The minimum absolute atomic E-state index is 0.225. The van der Waals surface area contributed by atoms with Crippen molar-refractivity contribution >= 4 is 17.7 Å². The summed E-state index contributed by atoms with van der Waals surface area (Å²) in [7, 11) is 0.